The van der Waals surface area contributed by atoms with Crippen LogP contribution in [0.15, 0.2) is 107 Å². The van der Waals surface area contributed by atoms with E-state index in [4.69, 9.17) is 4.99 Å². The van der Waals surface area contributed by atoms with Gasteiger partial charge in [0.25, 0.3) is 0 Å². The van der Waals surface area contributed by atoms with E-state index in [2.05, 4.69) is 121 Å². The quantitative estimate of drug-likeness (QED) is 0.122. The van der Waals surface area contributed by atoms with Gasteiger partial charge < -0.3 is 0 Å². The van der Waals surface area contributed by atoms with Crippen molar-refractivity contribution in [2.75, 3.05) is 0 Å². The summed E-state index contributed by atoms with van der Waals surface area (Å²) >= 11 is 0. The average molecular weight is 484 g/mol. The number of aliphatic imine (C=N–C) groups is 1. The minimum absolute atomic E-state index is 0.569. The Hall–Kier alpha value is -4.24. The van der Waals surface area contributed by atoms with Gasteiger partial charge in [0, 0.05) is 12.3 Å². The van der Waals surface area contributed by atoms with Crippen molar-refractivity contribution in [1.29, 1.82) is 0 Å². The van der Waals surface area contributed by atoms with E-state index in [1.165, 1.54) is 44.5 Å². The van der Waals surface area contributed by atoms with Crippen LogP contribution in [0, 0.1) is 0 Å². The fourth-order valence-corrected chi connectivity index (χ4v) is 5.17. The molecule has 1 N–H and O–H groups in total. The molecule has 5 rings (SSSR count). The molecule has 0 bridgehead atoms. The summed E-state index contributed by atoms with van der Waals surface area (Å²) < 4.78 is 0. The third kappa shape index (κ3) is 5.31. The summed E-state index contributed by atoms with van der Waals surface area (Å²) in [6.07, 6.45) is 16.4. The second-order valence-corrected chi connectivity index (χ2v) is 9.44. The molecule has 0 aromatic heterocycles. The lowest BCUT2D eigenvalue weighted by Gasteiger charge is -2.10. The van der Waals surface area contributed by atoms with E-state index >= 15 is 0 Å². The molecule has 0 aliphatic heterocycles. The summed E-state index contributed by atoms with van der Waals surface area (Å²) in [4.78, 5) is 4.90. The highest BCUT2D eigenvalue weighted by Crippen LogP contribution is 2.39. The van der Waals surface area contributed by atoms with Gasteiger partial charge in [0.05, 0.1) is 6.54 Å². The standard InChI is InChI=1S/C34H33N3/c1-4-10-25(5-2)27-13-9-14-30(20-27)34(37-35-3)36-23-24-15-18-32-31(19-24)21-29-17-16-28(22-33(29)32)26-11-7-6-8-12-26/h4-5,7,9-20,22H,3,6,8,21,23H2,1-2H3,(H,36,37)/b10-4-,25-5+. The summed E-state index contributed by atoms with van der Waals surface area (Å²) in [6, 6.07) is 22.0. The molecule has 2 aliphatic carbocycles. The Morgan fingerprint density at radius 3 is 2.62 bits per heavy atom. The van der Waals surface area contributed by atoms with Crippen LogP contribution in [0.3, 0.4) is 0 Å². The number of rotatable bonds is 7. The van der Waals surface area contributed by atoms with E-state index in [1.807, 2.05) is 6.92 Å². The third-order valence-electron chi connectivity index (χ3n) is 7.01. The highest BCUT2D eigenvalue weighted by atomic mass is 15.3. The first-order chi connectivity index (χ1) is 18.2. The van der Waals surface area contributed by atoms with Gasteiger partial charge in [-0.1, -0.05) is 85.0 Å². The van der Waals surface area contributed by atoms with Crippen molar-refractivity contribution >= 4 is 23.7 Å². The monoisotopic (exact) mass is 483 g/mol. The van der Waals surface area contributed by atoms with Crippen molar-refractivity contribution in [2.24, 2.45) is 10.1 Å². The fourth-order valence-electron chi connectivity index (χ4n) is 5.17. The Balaban J connectivity index is 1.39. The van der Waals surface area contributed by atoms with Gasteiger partial charge in [-0.3, -0.25) is 10.4 Å². The zero-order valence-electron chi connectivity index (χ0n) is 21.7. The Labute approximate surface area is 220 Å². The molecule has 0 heterocycles. The van der Waals surface area contributed by atoms with Crippen LogP contribution in [0.25, 0.3) is 22.3 Å². The Morgan fingerprint density at radius 1 is 0.946 bits per heavy atom. The highest BCUT2D eigenvalue weighted by molar-refractivity contribution is 5.99. The number of allylic oxidation sites excluding steroid dienone is 8. The zero-order valence-corrected chi connectivity index (χ0v) is 21.7. The molecule has 0 radical (unpaired) electrons. The van der Waals surface area contributed by atoms with E-state index < -0.39 is 0 Å². The Morgan fingerprint density at radius 2 is 1.84 bits per heavy atom. The molecule has 0 saturated carbocycles. The summed E-state index contributed by atoms with van der Waals surface area (Å²) in [5, 5.41) is 3.92. The summed E-state index contributed by atoms with van der Waals surface area (Å²) in [6.45, 7) is 8.28. The molecule has 0 fully saturated rings. The first-order valence-corrected chi connectivity index (χ1v) is 13.0. The number of nitrogens with zero attached hydrogens (tertiary/aromatic N) is 2. The van der Waals surface area contributed by atoms with E-state index in [1.54, 1.807) is 0 Å². The number of benzene rings is 3. The molecule has 2 aliphatic rings. The van der Waals surface area contributed by atoms with Crippen LogP contribution in [0.1, 0.15) is 60.1 Å². The molecule has 3 heteroatoms. The lowest BCUT2D eigenvalue weighted by molar-refractivity contribution is 0.979. The van der Waals surface area contributed by atoms with Gasteiger partial charge in [-0.2, -0.15) is 5.10 Å². The van der Waals surface area contributed by atoms with Crippen molar-refractivity contribution in [3.8, 4) is 11.1 Å². The largest absolute Gasteiger partial charge is 0.262 e. The third-order valence-corrected chi connectivity index (χ3v) is 7.01. The molecule has 0 amide bonds. The van der Waals surface area contributed by atoms with Crippen molar-refractivity contribution in [2.45, 2.75) is 39.7 Å². The first-order valence-electron chi connectivity index (χ1n) is 13.0. The molecule has 37 heavy (non-hydrogen) atoms. The Bertz CT molecular complexity index is 1480. The summed E-state index contributed by atoms with van der Waals surface area (Å²) in [5.41, 5.74) is 15.6. The zero-order chi connectivity index (χ0) is 25.6. The van der Waals surface area contributed by atoms with Gasteiger partial charge >= 0.3 is 0 Å². The first kappa shape index (κ1) is 24.5. The van der Waals surface area contributed by atoms with Crippen LogP contribution in [-0.4, -0.2) is 12.6 Å². The van der Waals surface area contributed by atoms with E-state index in [9.17, 15) is 0 Å². The van der Waals surface area contributed by atoms with Gasteiger partial charge in [0.2, 0.25) is 0 Å². The van der Waals surface area contributed by atoms with Gasteiger partial charge in [-0.05, 0) is 95.3 Å². The van der Waals surface area contributed by atoms with Crippen molar-refractivity contribution < 1.29 is 0 Å². The number of fused-ring (bicyclic) bond motifs is 3. The minimum atomic E-state index is 0.569. The molecule has 3 nitrogen and oxygen atoms in total. The van der Waals surface area contributed by atoms with Gasteiger partial charge in [-0.25, -0.2) is 0 Å². The van der Waals surface area contributed by atoms with Crippen LogP contribution in [0.2, 0.25) is 0 Å². The lowest BCUT2D eigenvalue weighted by Crippen LogP contribution is -2.19. The molecule has 0 unspecified atom stereocenters. The van der Waals surface area contributed by atoms with Crippen molar-refractivity contribution in [1.82, 2.24) is 5.43 Å². The molecule has 0 atom stereocenters. The minimum Gasteiger partial charge on any atom is -0.262 e. The molecular weight excluding hydrogens is 450 g/mol. The van der Waals surface area contributed by atoms with E-state index in [0.29, 0.717) is 6.54 Å². The normalized spacial score (nSPS) is 14.9. The predicted octanol–water partition coefficient (Wildman–Crippen LogP) is 8.12. The number of hydrogen-bond acceptors (Lipinski definition) is 2. The SMILES string of the molecule is C=NNC(=NCc1ccc2c(c1)Cc1ccc(C3=CCCC=C3)cc1-2)c1cccc(C(/C=C\C)=C/C)c1. The number of hydrogen-bond donors (Lipinski definition) is 1. The maximum atomic E-state index is 4.90. The average Bonchev–Trinajstić information content (AvgIpc) is 3.31. The topological polar surface area (TPSA) is 36.8 Å². The van der Waals surface area contributed by atoms with Gasteiger partial charge in [-0.15, -0.1) is 0 Å². The smallest absolute Gasteiger partial charge is 0.149 e. The van der Waals surface area contributed by atoms with Gasteiger partial charge in [0.15, 0.2) is 0 Å². The van der Waals surface area contributed by atoms with Crippen molar-refractivity contribution in [3.63, 3.8) is 0 Å². The molecule has 3 aromatic carbocycles. The van der Waals surface area contributed by atoms with Crippen LogP contribution in [0.5, 0.6) is 0 Å². The molecule has 0 spiro atoms. The van der Waals surface area contributed by atoms with Crippen molar-refractivity contribution in [3.05, 3.63) is 131 Å². The summed E-state index contributed by atoms with van der Waals surface area (Å²) in [5.74, 6) is 0.718. The van der Waals surface area contributed by atoms with Crippen LogP contribution >= 0.6 is 0 Å². The van der Waals surface area contributed by atoms with Crippen LogP contribution in [0.4, 0.5) is 0 Å². The summed E-state index contributed by atoms with van der Waals surface area (Å²) in [7, 11) is 0. The number of nitrogens with one attached hydrogen (secondary N) is 1. The van der Waals surface area contributed by atoms with E-state index in [-0.39, 0.29) is 0 Å². The molecule has 0 saturated heterocycles. The number of hydrazone groups is 1. The second kappa shape index (κ2) is 11.2. The van der Waals surface area contributed by atoms with E-state index in [0.717, 1.165) is 36.2 Å². The van der Waals surface area contributed by atoms with Gasteiger partial charge in [0.1, 0.15) is 5.84 Å². The maximum absolute atomic E-state index is 4.90. The second-order valence-electron chi connectivity index (χ2n) is 9.44. The van der Waals surface area contributed by atoms with Crippen LogP contribution < -0.4 is 5.43 Å². The van der Waals surface area contributed by atoms with Crippen LogP contribution in [-0.2, 0) is 13.0 Å². The Kier molecular flexibility index (Phi) is 7.41. The molecular formula is C34H33N3. The fraction of sp³-hybridized carbons (Fsp3) is 0.176. The molecule has 3 aromatic rings. The lowest BCUT2D eigenvalue weighted by atomic mass is 9.95. The highest BCUT2D eigenvalue weighted by Gasteiger charge is 2.19. The number of amidine groups is 1. The maximum Gasteiger partial charge on any atom is 0.149 e. The molecule has 184 valence electrons. The predicted molar refractivity (Wildman–Crippen MR) is 159 cm³/mol.